The molecule has 0 aromatic heterocycles. The van der Waals surface area contributed by atoms with Gasteiger partial charge in [0, 0.05) is 36.5 Å². The van der Waals surface area contributed by atoms with Crippen molar-refractivity contribution < 1.29 is 14.5 Å². The fourth-order valence-electron chi connectivity index (χ4n) is 2.76. The fourth-order valence-corrected chi connectivity index (χ4v) is 2.76. The number of rotatable bonds is 4. The summed E-state index contributed by atoms with van der Waals surface area (Å²) in [5, 5.41) is 11.1. The number of ketones is 1. The molecule has 0 N–H and O–H groups in total. The second-order valence-corrected chi connectivity index (χ2v) is 5.75. The molecule has 0 unspecified atom stereocenters. The van der Waals surface area contributed by atoms with Crippen LogP contribution in [0.25, 0.3) is 0 Å². The number of carbonyl (C=O) groups excluding carboxylic acids is 1. The van der Waals surface area contributed by atoms with E-state index in [9.17, 15) is 14.9 Å². The molecule has 6 nitrogen and oxygen atoms in total. The number of carbonyl (C=O) groups is 1. The molecule has 124 valence electrons. The van der Waals surface area contributed by atoms with Crippen molar-refractivity contribution >= 4 is 17.2 Å². The summed E-state index contributed by atoms with van der Waals surface area (Å²) in [5.74, 6) is -0.208. The maximum Gasteiger partial charge on any atom is 0.270 e. The Hall–Kier alpha value is -2.73. The number of hydrogen-bond acceptors (Lipinski definition) is 5. The van der Waals surface area contributed by atoms with Crippen LogP contribution < -0.4 is 4.90 Å². The highest BCUT2D eigenvalue weighted by Gasteiger charge is 2.22. The van der Waals surface area contributed by atoms with Crippen molar-refractivity contribution in [2.75, 3.05) is 31.2 Å². The minimum Gasteiger partial charge on any atom is -0.378 e. The highest BCUT2D eigenvalue weighted by Crippen LogP contribution is 2.28. The van der Waals surface area contributed by atoms with Gasteiger partial charge in [0.05, 0.1) is 23.7 Å². The first-order valence-electron chi connectivity index (χ1n) is 7.79. The van der Waals surface area contributed by atoms with E-state index < -0.39 is 4.92 Å². The predicted octanol–water partition coefficient (Wildman–Crippen LogP) is 2.97. The molecule has 1 heterocycles. The van der Waals surface area contributed by atoms with E-state index in [1.165, 1.54) is 12.1 Å². The molecule has 0 saturated carbocycles. The molecule has 0 atom stereocenters. The highest BCUT2D eigenvalue weighted by molar-refractivity contribution is 6.12. The van der Waals surface area contributed by atoms with Crippen molar-refractivity contribution in [1.29, 1.82) is 0 Å². The Kier molecular flexibility index (Phi) is 4.57. The van der Waals surface area contributed by atoms with Gasteiger partial charge in [-0.05, 0) is 13.0 Å². The Balaban J connectivity index is 2.04. The van der Waals surface area contributed by atoms with E-state index in [1.807, 2.05) is 24.0 Å². The van der Waals surface area contributed by atoms with Gasteiger partial charge >= 0.3 is 0 Å². The summed E-state index contributed by atoms with van der Waals surface area (Å²) in [6.45, 7) is 4.42. The number of non-ortho nitro benzene ring substituents is 1. The normalized spacial score (nSPS) is 14.5. The summed E-state index contributed by atoms with van der Waals surface area (Å²) < 4.78 is 5.35. The fraction of sp³-hybridized carbons (Fsp3) is 0.278. The van der Waals surface area contributed by atoms with Gasteiger partial charge in [-0.3, -0.25) is 14.9 Å². The van der Waals surface area contributed by atoms with Gasteiger partial charge in [0.1, 0.15) is 0 Å². The maximum absolute atomic E-state index is 12.9. The average molecular weight is 326 g/mol. The number of nitro benzene ring substituents is 1. The number of benzene rings is 2. The van der Waals surface area contributed by atoms with Crippen molar-refractivity contribution in [1.82, 2.24) is 0 Å². The third-order valence-electron chi connectivity index (χ3n) is 4.10. The summed E-state index contributed by atoms with van der Waals surface area (Å²) in [4.78, 5) is 25.6. The van der Waals surface area contributed by atoms with E-state index in [0.717, 1.165) is 11.3 Å². The van der Waals surface area contributed by atoms with Crippen molar-refractivity contribution in [3.05, 3.63) is 69.3 Å². The Bertz CT molecular complexity index is 765. The molecule has 6 heteroatoms. The number of anilines is 1. The molecule has 2 aromatic rings. The van der Waals surface area contributed by atoms with Gasteiger partial charge in [-0.1, -0.05) is 29.8 Å². The predicted molar refractivity (Wildman–Crippen MR) is 90.7 cm³/mol. The van der Waals surface area contributed by atoms with Crippen LogP contribution in [0.5, 0.6) is 0 Å². The van der Waals surface area contributed by atoms with Crippen LogP contribution >= 0.6 is 0 Å². The molecule has 0 amide bonds. The molecule has 24 heavy (non-hydrogen) atoms. The second-order valence-electron chi connectivity index (χ2n) is 5.75. The lowest BCUT2D eigenvalue weighted by Gasteiger charge is -2.30. The minimum absolute atomic E-state index is 0.0810. The van der Waals surface area contributed by atoms with E-state index >= 15 is 0 Å². The smallest absolute Gasteiger partial charge is 0.270 e. The molecule has 3 rings (SSSR count). The molecule has 1 fully saturated rings. The first-order valence-corrected chi connectivity index (χ1v) is 7.79. The van der Waals surface area contributed by atoms with Crippen LogP contribution in [0.2, 0.25) is 0 Å². The molecule has 1 aliphatic rings. The zero-order chi connectivity index (χ0) is 17.1. The van der Waals surface area contributed by atoms with E-state index in [0.29, 0.717) is 37.4 Å². The number of ether oxygens (including phenoxy) is 1. The van der Waals surface area contributed by atoms with Gasteiger partial charge in [-0.2, -0.15) is 0 Å². The lowest BCUT2D eigenvalue weighted by molar-refractivity contribution is -0.384. The van der Waals surface area contributed by atoms with E-state index in [1.54, 1.807) is 18.2 Å². The molecule has 0 spiro atoms. The molecule has 2 aromatic carbocycles. The van der Waals surface area contributed by atoms with Gasteiger partial charge in [-0.25, -0.2) is 0 Å². The minimum atomic E-state index is -0.477. The van der Waals surface area contributed by atoms with Crippen molar-refractivity contribution in [2.45, 2.75) is 6.92 Å². The van der Waals surface area contributed by atoms with Gasteiger partial charge in [-0.15, -0.1) is 0 Å². The SMILES string of the molecule is Cc1ccc(C(=O)c2cc([N+](=O)[O-])ccc2N2CCOCC2)cc1. The van der Waals surface area contributed by atoms with Crippen LogP contribution in [-0.4, -0.2) is 37.0 Å². The van der Waals surface area contributed by atoms with Crippen LogP contribution in [0.3, 0.4) is 0 Å². The topological polar surface area (TPSA) is 72.7 Å². The van der Waals surface area contributed by atoms with Gasteiger partial charge < -0.3 is 9.64 Å². The van der Waals surface area contributed by atoms with Crippen LogP contribution in [0.1, 0.15) is 21.5 Å². The number of morpholine rings is 1. The molecule has 0 bridgehead atoms. The number of nitrogens with zero attached hydrogens (tertiary/aromatic N) is 2. The summed E-state index contributed by atoms with van der Waals surface area (Å²) in [6.07, 6.45) is 0. The van der Waals surface area contributed by atoms with Crippen molar-refractivity contribution in [3.63, 3.8) is 0 Å². The third kappa shape index (κ3) is 3.28. The number of aryl methyl sites for hydroxylation is 1. The van der Waals surface area contributed by atoms with Gasteiger partial charge in [0.15, 0.2) is 5.78 Å². The van der Waals surface area contributed by atoms with E-state index in [4.69, 9.17) is 4.74 Å². The largest absolute Gasteiger partial charge is 0.378 e. The number of hydrogen-bond donors (Lipinski definition) is 0. The van der Waals surface area contributed by atoms with Crippen LogP contribution in [-0.2, 0) is 4.74 Å². The van der Waals surface area contributed by atoms with Crippen molar-refractivity contribution in [3.8, 4) is 0 Å². The zero-order valence-electron chi connectivity index (χ0n) is 13.4. The van der Waals surface area contributed by atoms with Gasteiger partial charge in [0.2, 0.25) is 0 Å². The first kappa shape index (κ1) is 16.1. The molecule has 0 radical (unpaired) electrons. The van der Waals surface area contributed by atoms with Gasteiger partial charge in [0.25, 0.3) is 5.69 Å². The van der Waals surface area contributed by atoms with Crippen LogP contribution in [0.15, 0.2) is 42.5 Å². The zero-order valence-corrected chi connectivity index (χ0v) is 13.4. The molecule has 1 saturated heterocycles. The summed E-state index contributed by atoms with van der Waals surface area (Å²) in [7, 11) is 0. The molecular weight excluding hydrogens is 308 g/mol. The Morgan fingerprint density at radius 3 is 2.42 bits per heavy atom. The first-order chi connectivity index (χ1) is 11.6. The highest BCUT2D eigenvalue weighted by atomic mass is 16.6. The summed E-state index contributed by atoms with van der Waals surface area (Å²) in [5.41, 5.74) is 2.57. The molecular formula is C18H18N2O4. The quantitative estimate of drug-likeness (QED) is 0.491. The monoisotopic (exact) mass is 326 g/mol. The van der Waals surface area contributed by atoms with Crippen LogP contribution in [0.4, 0.5) is 11.4 Å². The van der Waals surface area contributed by atoms with E-state index in [-0.39, 0.29) is 11.5 Å². The molecule has 1 aliphatic heterocycles. The third-order valence-corrected chi connectivity index (χ3v) is 4.10. The summed E-state index contributed by atoms with van der Waals surface area (Å²) >= 11 is 0. The Morgan fingerprint density at radius 2 is 1.79 bits per heavy atom. The average Bonchev–Trinajstić information content (AvgIpc) is 2.62. The number of nitro groups is 1. The standard InChI is InChI=1S/C18H18N2O4/c1-13-2-4-14(5-3-13)18(21)16-12-15(20(22)23)6-7-17(16)19-8-10-24-11-9-19/h2-7,12H,8-11H2,1H3. The lowest BCUT2D eigenvalue weighted by Crippen LogP contribution is -2.37. The Morgan fingerprint density at radius 1 is 1.12 bits per heavy atom. The molecule has 0 aliphatic carbocycles. The lowest BCUT2D eigenvalue weighted by atomic mass is 9.99. The maximum atomic E-state index is 12.9. The second kappa shape index (κ2) is 6.80. The summed E-state index contributed by atoms with van der Waals surface area (Å²) in [6, 6.07) is 11.7. The van der Waals surface area contributed by atoms with Crippen molar-refractivity contribution in [2.24, 2.45) is 0 Å². The van der Waals surface area contributed by atoms with E-state index in [2.05, 4.69) is 0 Å². The van der Waals surface area contributed by atoms with Crippen LogP contribution in [0, 0.1) is 17.0 Å². The Labute approximate surface area is 139 Å².